The van der Waals surface area contributed by atoms with Gasteiger partial charge in [-0.3, -0.25) is 19.9 Å². The number of para-hydroxylation sites is 1. The maximum absolute atomic E-state index is 11.0. The number of piperazine rings is 1. The van der Waals surface area contributed by atoms with Gasteiger partial charge in [-0.25, -0.2) is 9.59 Å². The van der Waals surface area contributed by atoms with Gasteiger partial charge in [-0.15, -0.1) is 0 Å². The van der Waals surface area contributed by atoms with Crippen LogP contribution < -0.4 is 0 Å². The summed E-state index contributed by atoms with van der Waals surface area (Å²) in [5.74, 6) is -3.65. The lowest BCUT2D eigenvalue weighted by Crippen LogP contribution is -2.49. The summed E-state index contributed by atoms with van der Waals surface area (Å²) in [6.07, 6.45) is 1.17. The van der Waals surface area contributed by atoms with Crippen molar-refractivity contribution in [3.05, 3.63) is 39.9 Å². The first-order valence-electron chi connectivity index (χ1n) is 8.41. The molecule has 1 heterocycles. The Kier molecular flexibility index (Phi) is 8.66. The molecule has 0 amide bonds. The van der Waals surface area contributed by atoms with Crippen molar-refractivity contribution in [3.8, 4) is 0 Å². The average molecular weight is 367 g/mol. The van der Waals surface area contributed by atoms with Crippen LogP contribution >= 0.6 is 0 Å². The Morgan fingerprint density at radius 1 is 1.15 bits per heavy atom. The van der Waals surface area contributed by atoms with Crippen LogP contribution in [0, 0.1) is 10.1 Å². The second-order valence-electron chi connectivity index (χ2n) is 6.07. The third-order valence-electron chi connectivity index (χ3n) is 4.39. The Labute approximate surface area is 152 Å². The number of carbonyl (C=O) groups is 2. The largest absolute Gasteiger partial charge is 0.473 e. The van der Waals surface area contributed by atoms with E-state index >= 15 is 0 Å². The minimum absolute atomic E-state index is 0.233. The van der Waals surface area contributed by atoms with E-state index in [0.717, 1.165) is 31.7 Å². The van der Waals surface area contributed by atoms with Crippen LogP contribution in [-0.4, -0.2) is 69.1 Å². The predicted octanol–water partition coefficient (Wildman–Crippen LogP) is 1.67. The Morgan fingerprint density at radius 3 is 2.15 bits per heavy atom. The van der Waals surface area contributed by atoms with Gasteiger partial charge < -0.3 is 10.2 Å². The van der Waals surface area contributed by atoms with Crippen LogP contribution in [0.1, 0.15) is 25.8 Å². The van der Waals surface area contributed by atoms with Gasteiger partial charge in [-0.1, -0.05) is 25.1 Å². The number of rotatable bonds is 5. The predicted molar refractivity (Wildman–Crippen MR) is 95.0 cm³/mol. The zero-order valence-corrected chi connectivity index (χ0v) is 15.0. The fourth-order valence-electron chi connectivity index (χ4n) is 2.68. The van der Waals surface area contributed by atoms with Crippen LogP contribution in [0.4, 0.5) is 5.69 Å². The SMILES string of the molecule is CCC(C)N1CCN(Cc2ccccc2[N+](=O)[O-])CC1.O=C(O)C(=O)O. The second kappa shape index (κ2) is 10.5. The number of benzene rings is 1. The molecule has 1 unspecified atom stereocenters. The minimum atomic E-state index is -1.82. The molecule has 0 saturated carbocycles. The van der Waals surface area contributed by atoms with Crippen LogP contribution in [0.5, 0.6) is 0 Å². The number of nitro groups is 1. The quantitative estimate of drug-likeness (QED) is 0.457. The van der Waals surface area contributed by atoms with Gasteiger partial charge in [0.25, 0.3) is 5.69 Å². The summed E-state index contributed by atoms with van der Waals surface area (Å²) in [5, 5.41) is 25.8. The molecule has 9 heteroatoms. The highest BCUT2D eigenvalue weighted by Crippen LogP contribution is 2.20. The summed E-state index contributed by atoms with van der Waals surface area (Å²) in [4.78, 5) is 33.7. The van der Waals surface area contributed by atoms with Crippen molar-refractivity contribution in [1.29, 1.82) is 0 Å². The van der Waals surface area contributed by atoms with E-state index in [-0.39, 0.29) is 10.6 Å². The molecule has 26 heavy (non-hydrogen) atoms. The van der Waals surface area contributed by atoms with E-state index in [2.05, 4.69) is 23.6 Å². The molecule has 0 aliphatic carbocycles. The molecule has 0 spiro atoms. The molecule has 2 N–H and O–H groups in total. The van der Waals surface area contributed by atoms with Crippen LogP contribution in [0.15, 0.2) is 24.3 Å². The summed E-state index contributed by atoms with van der Waals surface area (Å²) < 4.78 is 0. The number of aliphatic carboxylic acids is 2. The van der Waals surface area contributed by atoms with Crippen molar-refractivity contribution in [2.24, 2.45) is 0 Å². The van der Waals surface area contributed by atoms with Crippen molar-refractivity contribution in [2.45, 2.75) is 32.9 Å². The molecule has 0 radical (unpaired) electrons. The molecule has 1 fully saturated rings. The summed E-state index contributed by atoms with van der Waals surface area (Å²) in [7, 11) is 0. The second-order valence-corrected chi connectivity index (χ2v) is 6.07. The molecule has 1 aliphatic heterocycles. The number of nitro benzene ring substituents is 1. The maximum Gasteiger partial charge on any atom is 0.414 e. The van der Waals surface area contributed by atoms with E-state index in [1.54, 1.807) is 12.1 Å². The Morgan fingerprint density at radius 2 is 1.69 bits per heavy atom. The van der Waals surface area contributed by atoms with Gasteiger partial charge >= 0.3 is 11.9 Å². The van der Waals surface area contributed by atoms with E-state index in [4.69, 9.17) is 19.8 Å². The van der Waals surface area contributed by atoms with Crippen molar-refractivity contribution in [1.82, 2.24) is 9.80 Å². The first-order valence-corrected chi connectivity index (χ1v) is 8.41. The molecule has 1 aromatic rings. The van der Waals surface area contributed by atoms with Crippen molar-refractivity contribution in [2.75, 3.05) is 26.2 Å². The summed E-state index contributed by atoms with van der Waals surface area (Å²) >= 11 is 0. The van der Waals surface area contributed by atoms with E-state index in [1.165, 1.54) is 6.42 Å². The van der Waals surface area contributed by atoms with Crippen LogP contribution in [0.25, 0.3) is 0 Å². The lowest BCUT2D eigenvalue weighted by atomic mass is 10.1. The van der Waals surface area contributed by atoms with E-state index in [1.807, 2.05) is 12.1 Å². The molecule has 1 atom stereocenters. The topological polar surface area (TPSA) is 124 Å². The third-order valence-corrected chi connectivity index (χ3v) is 4.39. The molecule has 1 aliphatic rings. The van der Waals surface area contributed by atoms with Crippen molar-refractivity contribution in [3.63, 3.8) is 0 Å². The van der Waals surface area contributed by atoms with Gasteiger partial charge in [0.2, 0.25) is 0 Å². The van der Waals surface area contributed by atoms with E-state index in [9.17, 15) is 10.1 Å². The minimum Gasteiger partial charge on any atom is -0.473 e. The van der Waals surface area contributed by atoms with Crippen LogP contribution in [0.2, 0.25) is 0 Å². The highest BCUT2D eigenvalue weighted by Gasteiger charge is 2.22. The Bertz CT molecular complexity index is 617. The zero-order chi connectivity index (χ0) is 19.7. The fourth-order valence-corrected chi connectivity index (χ4v) is 2.68. The van der Waals surface area contributed by atoms with Gasteiger partial charge in [0, 0.05) is 50.4 Å². The van der Waals surface area contributed by atoms with Gasteiger partial charge in [0.05, 0.1) is 4.92 Å². The number of hydrogen-bond donors (Lipinski definition) is 2. The molecular formula is C17H25N3O6. The maximum atomic E-state index is 11.0. The molecule has 144 valence electrons. The highest BCUT2D eigenvalue weighted by atomic mass is 16.6. The average Bonchev–Trinajstić information content (AvgIpc) is 2.62. The monoisotopic (exact) mass is 367 g/mol. The smallest absolute Gasteiger partial charge is 0.414 e. The zero-order valence-electron chi connectivity index (χ0n) is 15.0. The number of carboxylic acids is 2. The van der Waals surface area contributed by atoms with E-state index in [0.29, 0.717) is 12.6 Å². The standard InChI is InChI=1S/C15H23N3O2.C2H2O4/c1-3-13(2)17-10-8-16(9-11-17)12-14-6-4-5-7-15(14)18(19)20;3-1(4)2(5)6/h4-7,13H,3,8-12H2,1-2H3;(H,3,4)(H,5,6). The molecule has 1 aromatic carbocycles. The lowest BCUT2D eigenvalue weighted by molar-refractivity contribution is -0.385. The number of hydrogen-bond acceptors (Lipinski definition) is 6. The molecule has 0 aromatic heterocycles. The number of nitrogens with zero attached hydrogens (tertiary/aromatic N) is 3. The van der Waals surface area contributed by atoms with Gasteiger partial charge in [-0.2, -0.15) is 0 Å². The summed E-state index contributed by atoms with van der Waals surface area (Å²) in [6.45, 7) is 9.21. The third kappa shape index (κ3) is 6.77. The van der Waals surface area contributed by atoms with Crippen molar-refractivity contribution >= 4 is 17.6 Å². The van der Waals surface area contributed by atoms with Gasteiger partial charge in [0.15, 0.2) is 0 Å². The first kappa shape index (κ1) is 21.5. The van der Waals surface area contributed by atoms with Crippen LogP contribution in [-0.2, 0) is 16.1 Å². The van der Waals surface area contributed by atoms with Crippen molar-refractivity contribution < 1.29 is 24.7 Å². The fraction of sp³-hybridized carbons (Fsp3) is 0.529. The van der Waals surface area contributed by atoms with Gasteiger partial charge in [-0.05, 0) is 13.3 Å². The van der Waals surface area contributed by atoms with Gasteiger partial charge in [0.1, 0.15) is 0 Å². The normalized spacial score (nSPS) is 16.2. The Balaban J connectivity index is 0.000000487. The number of carboxylic acid groups (broad SMARTS) is 2. The van der Waals surface area contributed by atoms with E-state index < -0.39 is 11.9 Å². The summed E-state index contributed by atoms with van der Waals surface area (Å²) in [6, 6.07) is 7.67. The highest BCUT2D eigenvalue weighted by molar-refractivity contribution is 6.27. The first-order chi connectivity index (χ1) is 12.3. The molecular weight excluding hydrogens is 342 g/mol. The summed E-state index contributed by atoms with van der Waals surface area (Å²) in [5.41, 5.74) is 1.05. The molecule has 1 saturated heterocycles. The molecule has 9 nitrogen and oxygen atoms in total. The molecule has 0 bridgehead atoms. The molecule has 2 rings (SSSR count). The van der Waals surface area contributed by atoms with Crippen LogP contribution in [0.3, 0.4) is 0 Å². The Hall–Kier alpha value is -2.52. The lowest BCUT2D eigenvalue weighted by Gasteiger charge is -2.37.